The lowest BCUT2D eigenvalue weighted by atomic mass is 10.0. The lowest BCUT2D eigenvalue weighted by molar-refractivity contribution is -0.132. The van der Waals surface area contributed by atoms with Gasteiger partial charge in [0.2, 0.25) is 5.78 Å². The maximum atomic E-state index is 12.3. The van der Waals surface area contributed by atoms with Crippen molar-refractivity contribution in [3.05, 3.63) is 0 Å². The van der Waals surface area contributed by atoms with Gasteiger partial charge >= 0.3 is 6.09 Å². The molecule has 0 radical (unpaired) electrons. The predicted octanol–water partition coefficient (Wildman–Crippen LogP) is 2.37. The molecular formula is C11H19F2NO3. The van der Waals surface area contributed by atoms with E-state index >= 15 is 0 Å². The van der Waals surface area contributed by atoms with Gasteiger partial charge in [-0.1, -0.05) is 13.8 Å². The molecule has 0 heterocycles. The minimum Gasteiger partial charge on any atom is -0.444 e. The summed E-state index contributed by atoms with van der Waals surface area (Å²) in [5, 5.41) is 2.16. The molecule has 0 saturated carbocycles. The molecule has 0 rings (SSSR count). The van der Waals surface area contributed by atoms with E-state index in [4.69, 9.17) is 4.74 Å². The zero-order chi connectivity index (χ0) is 13.8. The van der Waals surface area contributed by atoms with Crippen LogP contribution >= 0.6 is 0 Å². The molecule has 0 spiro atoms. The van der Waals surface area contributed by atoms with Crippen LogP contribution < -0.4 is 5.32 Å². The van der Waals surface area contributed by atoms with Gasteiger partial charge in [0.05, 0.1) is 6.04 Å². The van der Waals surface area contributed by atoms with E-state index < -0.39 is 35.9 Å². The van der Waals surface area contributed by atoms with Crippen molar-refractivity contribution in [3.8, 4) is 0 Å². The largest absolute Gasteiger partial charge is 0.444 e. The molecule has 6 heteroatoms. The number of carbonyl (C=O) groups is 2. The van der Waals surface area contributed by atoms with Crippen molar-refractivity contribution in [2.75, 3.05) is 0 Å². The highest BCUT2D eigenvalue weighted by molar-refractivity contribution is 5.90. The van der Waals surface area contributed by atoms with Gasteiger partial charge in [0.25, 0.3) is 6.43 Å². The lowest BCUT2D eigenvalue weighted by Crippen LogP contribution is -2.48. The Morgan fingerprint density at radius 1 is 1.18 bits per heavy atom. The standard InChI is InChI=1S/C11H19F2NO3/c1-6(2)7(8(15)9(12)13)14-10(16)17-11(3,4)5/h6-7,9H,1-5H3,(H,14,16). The normalized spacial score (nSPS) is 13.7. The van der Waals surface area contributed by atoms with Crippen LogP contribution in [0.4, 0.5) is 13.6 Å². The quantitative estimate of drug-likeness (QED) is 0.834. The number of hydrogen-bond donors (Lipinski definition) is 1. The van der Waals surface area contributed by atoms with Gasteiger partial charge < -0.3 is 10.1 Å². The minimum atomic E-state index is -3.10. The monoisotopic (exact) mass is 251 g/mol. The van der Waals surface area contributed by atoms with Crippen LogP contribution in [0, 0.1) is 5.92 Å². The highest BCUT2D eigenvalue weighted by atomic mass is 19.3. The van der Waals surface area contributed by atoms with Crippen molar-refractivity contribution >= 4 is 11.9 Å². The number of ketones is 1. The third-order valence-corrected chi connectivity index (χ3v) is 1.86. The van der Waals surface area contributed by atoms with Crippen LogP contribution in [0.5, 0.6) is 0 Å². The summed E-state index contributed by atoms with van der Waals surface area (Å²) in [6.07, 6.45) is -3.97. The van der Waals surface area contributed by atoms with Gasteiger partial charge in [-0.2, -0.15) is 0 Å². The smallest absolute Gasteiger partial charge is 0.408 e. The van der Waals surface area contributed by atoms with E-state index in [-0.39, 0.29) is 0 Å². The second kappa shape index (κ2) is 5.93. The molecule has 0 aromatic heterocycles. The fourth-order valence-corrected chi connectivity index (χ4v) is 1.14. The van der Waals surface area contributed by atoms with Gasteiger partial charge in [-0.3, -0.25) is 4.79 Å². The van der Waals surface area contributed by atoms with E-state index in [0.717, 1.165) is 0 Å². The molecule has 0 saturated heterocycles. The Bertz CT molecular complexity index is 285. The van der Waals surface area contributed by atoms with E-state index in [0.29, 0.717) is 0 Å². The molecule has 17 heavy (non-hydrogen) atoms. The molecular weight excluding hydrogens is 232 g/mol. The summed E-state index contributed by atoms with van der Waals surface area (Å²) in [4.78, 5) is 22.5. The van der Waals surface area contributed by atoms with Crippen molar-refractivity contribution in [1.29, 1.82) is 0 Å². The maximum Gasteiger partial charge on any atom is 0.408 e. The van der Waals surface area contributed by atoms with E-state index in [2.05, 4.69) is 5.32 Å². The number of halogens is 2. The first-order chi connectivity index (χ1) is 7.54. The molecule has 1 atom stereocenters. The summed E-state index contributed by atoms with van der Waals surface area (Å²) in [7, 11) is 0. The summed E-state index contributed by atoms with van der Waals surface area (Å²) in [5.74, 6) is -1.73. The van der Waals surface area contributed by atoms with Crippen molar-refractivity contribution in [3.63, 3.8) is 0 Å². The minimum absolute atomic E-state index is 0.427. The summed E-state index contributed by atoms with van der Waals surface area (Å²) in [6.45, 7) is 8.08. The van der Waals surface area contributed by atoms with Gasteiger partial charge in [0.15, 0.2) is 0 Å². The maximum absolute atomic E-state index is 12.3. The number of alkyl halides is 2. The van der Waals surface area contributed by atoms with Gasteiger partial charge in [-0.05, 0) is 26.7 Å². The zero-order valence-electron chi connectivity index (χ0n) is 10.7. The molecule has 100 valence electrons. The van der Waals surface area contributed by atoms with E-state index in [1.54, 1.807) is 34.6 Å². The third-order valence-electron chi connectivity index (χ3n) is 1.86. The summed E-state index contributed by atoms with van der Waals surface area (Å²) in [6, 6.07) is -1.23. The lowest BCUT2D eigenvalue weighted by Gasteiger charge is -2.24. The van der Waals surface area contributed by atoms with Gasteiger partial charge in [0, 0.05) is 0 Å². The molecule has 0 aliphatic carbocycles. The Hall–Kier alpha value is -1.20. The van der Waals surface area contributed by atoms with Crippen LogP contribution in [0.3, 0.4) is 0 Å². The predicted molar refractivity (Wildman–Crippen MR) is 59.0 cm³/mol. The van der Waals surface area contributed by atoms with Gasteiger partial charge in [0.1, 0.15) is 5.60 Å². The molecule has 0 fully saturated rings. The number of alkyl carbamates (subject to hydrolysis) is 1. The molecule has 0 bridgehead atoms. The van der Waals surface area contributed by atoms with Crippen molar-refractivity contribution in [1.82, 2.24) is 5.32 Å². The van der Waals surface area contributed by atoms with Crippen LogP contribution in [0.15, 0.2) is 0 Å². The molecule has 4 nitrogen and oxygen atoms in total. The van der Waals surface area contributed by atoms with Crippen LogP contribution in [0.25, 0.3) is 0 Å². The van der Waals surface area contributed by atoms with Crippen LogP contribution in [0.2, 0.25) is 0 Å². The summed E-state index contributed by atoms with van der Waals surface area (Å²) >= 11 is 0. The molecule has 0 aliphatic heterocycles. The number of amides is 1. The van der Waals surface area contributed by atoms with Crippen molar-refractivity contribution in [2.24, 2.45) is 5.92 Å². The second-order valence-electron chi connectivity index (χ2n) is 5.07. The topological polar surface area (TPSA) is 55.4 Å². The molecule has 0 aromatic carbocycles. The second-order valence-corrected chi connectivity index (χ2v) is 5.07. The number of ether oxygens (including phenoxy) is 1. The Morgan fingerprint density at radius 3 is 1.94 bits per heavy atom. The van der Waals surface area contributed by atoms with Gasteiger partial charge in [-0.25, -0.2) is 13.6 Å². The summed E-state index contributed by atoms with van der Waals surface area (Å²) in [5.41, 5.74) is -0.737. The zero-order valence-corrected chi connectivity index (χ0v) is 10.7. The molecule has 1 N–H and O–H groups in total. The SMILES string of the molecule is CC(C)C(NC(=O)OC(C)(C)C)C(=O)C(F)F. The van der Waals surface area contributed by atoms with Crippen LogP contribution in [-0.2, 0) is 9.53 Å². The van der Waals surface area contributed by atoms with E-state index in [1.165, 1.54) is 0 Å². The first-order valence-corrected chi connectivity index (χ1v) is 5.36. The molecule has 0 aliphatic rings. The average molecular weight is 251 g/mol. The Kier molecular flexibility index (Phi) is 5.51. The van der Waals surface area contributed by atoms with E-state index in [9.17, 15) is 18.4 Å². The number of Topliss-reactive ketones (excluding diaryl/α,β-unsaturated/α-hetero) is 1. The summed E-state index contributed by atoms with van der Waals surface area (Å²) < 4.78 is 29.5. The molecule has 1 amide bonds. The fraction of sp³-hybridized carbons (Fsp3) is 0.818. The number of hydrogen-bond acceptors (Lipinski definition) is 3. The van der Waals surface area contributed by atoms with Crippen molar-refractivity contribution in [2.45, 2.75) is 52.7 Å². The van der Waals surface area contributed by atoms with Crippen LogP contribution in [-0.4, -0.2) is 29.9 Å². The Morgan fingerprint density at radius 2 is 1.65 bits per heavy atom. The number of rotatable bonds is 4. The van der Waals surface area contributed by atoms with E-state index in [1.807, 2.05) is 0 Å². The third kappa shape index (κ3) is 6.19. The molecule has 0 aromatic rings. The fourth-order valence-electron chi connectivity index (χ4n) is 1.14. The van der Waals surface area contributed by atoms with Crippen molar-refractivity contribution < 1.29 is 23.1 Å². The average Bonchev–Trinajstić information content (AvgIpc) is 2.09. The molecule has 1 unspecified atom stereocenters. The Labute approximate surface area is 99.7 Å². The number of carbonyl (C=O) groups excluding carboxylic acids is 2. The van der Waals surface area contributed by atoms with Crippen LogP contribution in [0.1, 0.15) is 34.6 Å². The first-order valence-electron chi connectivity index (χ1n) is 5.36. The highest BCUT2D eigenvalue weighted by Crippen LogP contribution is 2.11. The first kappa shape index (κ1) is 15.8. The van der Waals surface area contributed by atoms with Gasteiger partial charge in [-0.15, -0.1) is 0 Å². The Balaban J connectivity index is 4.57. The highest BCUT2D eigenvalue weighted by Gasteiger charge is 2.31. The number of nitrogens with one attached hydrogen (secondary N) is 1.